The average Bonchev–Trinajstić information content (AvgIpc) is 2.92. The van der Waals surface area contributed by atoms with Crippen molar-refractivity contribution < 1.29 is 0 Å². The lowest BCUT2D eigenvalue weighted by atomic mass is 10.1. The van der Waals surface area contributed by atoms with Crippen LogP contribution >= 0.6 is 11.8 Å². The fraction of sp³-hybridized carbons (Fsp3) is 1.00. The molecule has 2 fully saturated rings. The van der Waals surface area contributed by atoms with Gasteiger partial charge in [0.05, 0.1) is 0 Å². The van der Waals surface area contributed by atoms with Crippen molar-refractivity contribution in [3.8, 4) is 0 Å². The first kappa shape index (κ1) is 10.8. The third-order valence-corrected chi connectivity index (χ3v) is 4.85. The molecule has 0 radical (unpaired) electrons. The van der Waals surface area contributed by atoms with Crippen molar-refractivity contribution in [1.82, 2.24) is 5.32 Å². The molecule has 2 rings (SSSR count). The fourth-order valence-electron chi connectivity index (χ4n) is 2.58. The normalized spacial score (nSPS) is 34.7. The van der Waals surface area contributed by atoms with Gasteiger partial charge in [-0.1, -0.05) is 6.92 Å². The Kier molecular flexibility index (Phi) is 3.78. The zero-order valence-electron chi connectivity index (χ0n) is 9.46. The summed E-state index contributed by atoms with van der Waals surface area (Å²) < 4.78 is 0. The maximum Gasteiger partial charge on any atom is 0.00805 e. The molecule has 1 nitrogen and oxygen atoms in total. The predicted octanol–water partition coefficient (Wildman–Crippen LogP) is 3.05. The third kappa shape index (κ3) is 2.90. The molecule has 3 unspecified atom stereocenters. The summed E-state index contributed by atoms with van der Waals surface area (Å²) in [4.78, 5) is 0. The summed E-state index contributed by atoms with van der Waals surface area (Å²) in [6.07, 6.45) is 7.19. The Bertz CT molecular complexity index is 179. The van der Waals surface area contributed by atoms with Gasteiger partial charge in [-0.2, -0.15) is 11.8 Å². The van der Waals surface area contributed by atoms with Crippen LogP contribution in [0.3, 0.4) is 0 Å². The minimum atomic E-state index is 0.783. The lowest BCUT2D eigenvalue weighted by Gasteiger charge is -2.19. The highest BCUT2D eigenvalue weighted by Gasteiger charge is 2.31. The predicted molar refractivity (Wildman–Crippen MR) is 64.9 cm³/mol. The van der Waals surface area contributed by atoms with Crippen molar-refractivity contribution in [2.75, 3.05) is 5.75 Å². The van der Waals surface area contributed by atoms with Gasteiger partial charge in [0.15, 0.2) is 0 Å². The van der Waals surface area contributed by atoms with Gasteiger partial charge in [0, 0.05) is 17.3 Å². The van der Waals surface area contributed by atoms with E-state index in [1.807, 2.05) is 0 Å². The minimum Gasteiger partial charge on any atom is -0.311 e. The SMILES string of the molecule is CCSC1CCC(NC(C)C2CC2)C1. The average molecular weight is 213 g/mol. The molecule has 0 spiro atoms. The van der Waals surface area contributed by atoms with E-state index in [0.29, 0.717) is 0 Å². The smallest absolute Gasteiger partial charge is 0.00805 e. The molecular weight excluding hydrogens is 190 g/mol. The molecule has 0 heterocycles. The van der Waals surface area contributed by atoms with Gasteiger partial charge in [0.25, 0.3) is 0 Å². The van der Waals surface area contributed by atoms with Gasteiger partial charge >= 0.3 is 0 Å². The van der Waals surface area contributed by atoms with Crippen molar-refractivity contribution in [1.29, 1.82) is 0 Å². The molecule has 0 bridgehead atoms. The van der Waals surface area contributed by atoms with E-state index in [1.54, 1.807) is 0 Å². The Morgan fingerprint density at radius 1 is 1.29 bits per heavy atom. The molecule has 0 aromatic carbocycles. The van der Waals surface area contributed by atoms with Gasteiger partial charge in [-0.05, 0) is 50.7 Å². The van der Waals surface area contributed by atoms with E-state index >= 15 is 0 Å². The van der Waals surface area contributed by atoms with Crippen molar-refractivity contribution in [3.05, 3.63) is 0 Å². The molecule has 0 aliphatic heterocycles. The standard InChI is InChI=1S/C12H23NS/c1-3-14-12-7-6-11(8-12)13-9(2)10-4-5-10/h9-13H,3-8H2,1-2H3. The van der Waals surface area contributed by atoms with E-state index in [-0.39, 0.29) is 0 Å². The van der Waals surface area contributed by atoms with Crippen molar-refractivity contribution in [2.45, 2.75) is 63.3 Å². The van der Waals surface area contributed by atoms with Gasteiger partial charge in [-0.15, -0.1) is 0 Å². The molecule has 82 valence electrons. The first-order valence-electron chi connectivity index (χ1n) is 6.17. The second-order valence-corrected chi connectivity index (χ2v) is 6.46. The van der Waals surface area contributed by atoms with Crippen LogP contribution in [-0.4, -0.2) is 23.1 Å². The van der Waals surface area contributed by atoms with Gasteiger partial charge in [0.2, 0.25) is 0 Å². The van der Waals surface area contributed by atoms with Crippen LogP contribution in [0.2, 0.25) is 0 Å². The van der Waals surface area contributed by atoms with Crippen LogP contribution in [0.15, 0.2) is 0 Å². The van der Waals surface area contributed by atoms with Crippen LogP contribution in [0.4, 0.5) is 0 Å². The molecule has 2 saturated carbocycles. The number of hydrogen-bond donors (Lipinski definition) is 1. The summed E-state index contributed by atoms with van der Waals surface area (Å²) in [6.45, 7) is 4.65. The Morgan fingerprint density at radius 3 is 2.71 bits per heavy atom. The topological polar surface area (TPSA) is 12.0 Å². The third-order valence-electron chi connectivity index (χ3n) is 3.61. The van der Waals surface area contributed by atoms with E-state index < -0.39 is 0 Å². The Balaban J connectivity index is 1.67. The Labute approximate surface area is 92.4 Å². The van der Waals surface area contributed by atoms with Crippen LogP contribution in [0, 0.1) is 5.92 Å². The summed E-state index contributed by atoms with van der Waals surface area (Å²) in [5.74, 6) is 2.29. The minimum absolute atomic E-state index is 0.783. The lowest BCUT2D eigenvalue weighted by Crippen LogP contribution is -2.36. The molecule has 3 atom stereocenters. The first-order chi connectivity index (χ1) is 6.79. The molecule has 0 aromatic heterocycles. The van der Waals surface area contributed by atoms with Gasteiger partial charge < -0.3 is 5.32 Å². The summed E-state index contributed by atoms with van der Waals surface area (Å²) in [6, 6.07) is 1.61. The quantitative estimate of drug-likeness (QED) is 0.753. The molecule has 2 aliphatic rings. The van der Waals surface area contributed by atoms with Crippen molar-refractivity contribution in [2.24, 2.45) is 5.92 Å². The highest BCUT2D eigenvalue weighted by atomic mass is 32.2. The molecular formula is C12H23NS. The molecule has 1 N–H and O–H groups in total. The summed E-state index contributed by atoms with van der Waals surface area (Å²) in [5.41, 5.74) is 0. The van der Waals surface area contributed by atoms with Crippen molar-refractivity contribution >= 4 is 11.8 Å². The van der Waals surface area contributed by atoms with Gasteiger partial charge in [0.1, 0.15) is 0 Å². The number of hydrogen-bond acceptors (Lipinski definition) is 2. The maximum atomic E-state index is 3.82. The van der Waals surface area contributed by atoms with Crippen molar-refractivity contribution in [3.63, 3.8) is 0 Å². The molecule has 0 aromatic rings. The second kappa shape index (κ2) is 4.89. The summed E-state index contributed by atoms with van der Waals surface area (Å²) >= 11 is 2.15. The molecule has 0 saturated heterocycles. The van der Waals surface area contributed by atoms with Gasteiger partial charge in [-0.3, -0.25) is 0 Å². The van der Waals surface area contributed by atoms with Gasteiger partial charge in [-0.25, -0.2) is 0 Å². The van der Waals surface area contributed by atoms with Crippen LogP contribution < -0.4 is 5.32 Å². The fourth-order valence-corrected chi connectivity index (χ4v) is 3.73. The van der Waals surface area contributed by atoms with Crippen LogP contribution in [0.25, 0.3) is 0 Å². The maximum absolute atomic E-state index is 3.82. The zero-order valence-corrected chi connectivity index (χ0v) is 10.3. The van der Waals surface area contributed by atoms with E-state index in [4.69, 9.17) is 0 Å². The van der Waals surface area contributed by atoms with Crippen LogP contribution in [0.5, 0.6) is 0 Å². The zero-order chi connectivity index (χ0) is 9.97. The Morgan fingerprint density at radius 2 is 2.07 bits per heavy atom. The van der Waals surface area contributed by atoms with E-state index in [0.717, 1.165) is 23.3 Å². The summed E-state index contributed by atoms with van der Waals surface area (Å²) in [5, 5.41) is 4.76. The highest BCUT2D eigenvalue weighted by molar-refractivity contribution is 7.99. The monoisotopic (exact) mass is 213 g/mol. The number of thioether (sulfide) groups is 1. The first-order valence-corrected chi connectivity index (χ1v) is 7.22. The Hall–Kier alpha value is 0.310. The second-order valence-electron chi connectivity index (χ2n) is 4.88. The molecule has 2 heteroatoms. The van der Waals surface area contributed by atoms with Crippen LogP contribution in [0.1, 0.15) is 46.0 Å². The molecule has 2 aliphatic carbocycles. The lowest BCUT2D eigenvalue weighted by molar-refractivity contribution is 0.419. The largest absolute Gasteiger partial charge is 0.311 e. The van der Waals surface area contributed by atoms with E-state index in [1.165, 1.54) is 37.9 Å². The molecule has 0 amide bonds. The van der Waals surface area contributed by atoms with E-state index in [9.17, 15) is 0 Å². The van der Waals surface area contributed by atoms with E-state index in [2.05, 4.69) is 30.9 Å². The number of rotatable bonds is 5. The van der Waals surface area contributed by atoms with Crippen LogP contribution in [-0.2, 0) is 0 Å². The highest BCUT2D eigenvalue weighted by Crippen LogP contribution is 2.35. The summed E-state index contributed by atoms with van der Waals surface area (Å²) in [7, 11) is 0. The molecule has 14 heavy (non-hydrogen) atoms. The number of nitrogens with one attached hydrogen (secondary N) is 1.